The summed E-state index contributed by atoms with van der Waals surface area (Å²) in [5, 5.41) is 7.89. The van der Waals surface area contributed by atoms with Crippen LogP contribution in [0.25, 0.3) is 0 Å². The maximum absolute atomic E-state index is 10.0. The fourth-order valence-corrected chi connectivity index (χ4v) is 0.418. The molecule has 1 fully saturated rings. The summed E-state index contributed by atoms with van der Waals surface area (Å²) in [6, 6.07) is 0. The molecule has 0 spiro atoms. The molecule has 0 aromatic rings. The molecule has 0 amide bonds. The summed E-state index contributed by atoms with van der Waals surface area (Å²) in [7, 11) is 0. The van der Waals surface area contributed by atoms with Crippen LogP contribution in [0.4, 0.5) is 4.79 Å². The molecule has 74 valence electrons. The lowest BCUT2D eigenvalue weighted by molar-refractivity contribution is -0.132. The van der Waals surface area contributed by atoms with Crippen LogP contribution < -0.4 is 0 Å². The highest BCUT2D eigenvalue weighted by molar-refractivity contribution is 5.84. The number of ether oxygens (including phenoxy) is 2. The summed E-state index contributed by atoms with van der Waals surface area (Å²) in [4.78, 5) is 19.6. The third kappa shape index (κ3) is 5.72. The van der Waals surface area contributed by atoms with Crippen molar-refractivity contribution in [3.05, 3.63) is 12.2 Å². The second-order valence-electron chi connectivity index (χ2n) is 2.57. The first-order chi connectivity index (χ1) is 5.93. The fourth-order valence-electron chi connectivity index (χ4n) is 0.418. The van der Waals surface area contributed by atoms with Gasteiger partial charge in [-0.25, -0.2) is 9.59 Å². The number of aliphatic carboxylic acids is 1. The number of cyclic esters (lactones) is 2. The van der Waals surface area contributed by atoms with Gasteiger partial charge in [-0.3, -0.25) is 0 Å². The first kappa shape index (κ1) is 11.5. The number of carboxylic acids is 1. The van der Waals surface area contributed by atoms with Crippen LogP contribution in [0, 0.1) is 0 Å². The Bertz CT molecular complexity index is 209. The van der Waals surface area contributed by atoms with Gasteiger partial charge in [-0.2, -0.15) is 0 Å². The predicted octanol–water partition coefficient (Wildman–Crippen LogP) is 1.19. The van der Waals surface area contributed by atoms with E-state index in [4.69, 9.17) is 5.11 Å². The zero-order chi connectivity index (χ0) is 10.4. The van der Waals surface area contributed by atoms with E-state index in [1.165, 1.54) is 6.92 Å². The van der Waals surface area contributed by atoms with Gasteiger partial charge in [0.25, 0.3) is 0 Å². The van der Waals surface area contributed by atoms with Crippen LogP contribution in [-0.2, 0) is 14.3 Å². The Kier molecular flexibility index (Phi) is 4.58. The maximum Gasteiger partial charge on any atom is 0.508 e. The van der Waals surface area contributed by atoms with Gasteiger partial charge in [0, 0.05) is 5.57 Å². The molecule has 0 aliphatic carbocycles. The van der Waals surface area contributed by atoms with E-state index in [0.29, 0.717) is 6.61 Å². The van der Waals surface area contributed by atoms with Crippen LogP contribution in [0.15, 0.2) is 12.2 Å². The average Bonchev–Trinajstić information content (AvgIpc) is 2.35. The molecule has 0 radical (unpaired) electrons. The Labute approximate surface area is 75.9 Å². The Morgan fingerprint density at radius 3 is 2.23 bits per heavy atom. The molecule has 13 heavy (non-hydrogen) atoms. The summed E-state index contributed by atoms with van der Waals surface area (Å²) >= 11 is 0. The molecule has 1 aliphatic heterocycles. The Morgan fingerprint density at radius 1 is 1.69 bits per heavy atom. The lowest BCUT2D eigenvalue weighted by atomic mass is 10.4. The van der Waals surface area contributed by atoms with Crippen molar-refractivity contribution in [1.82, 2.24) is 0 Å². The summed E-state index contributed by atoms with van der Waals surface area (Å²) in [6.45, 7) is 6.79. The van der Waals surface area contributed by atoms with Gasteiger partial charge in [-0.05, 0) is 13.8 Å². The van der Waals surface area contributed by atoms with E-state index in [1.807, 2.05) is 0 Å². The molecule has 1 N–H and O–H groups in total. The van der Waals surface area contributed by atoms with Crippen molar-refractivity contribution < 1.29 is 24.2 Å². The van der Waals surface area contributed by atoms with Gasteiger partial charge in [-0.15, -0.1) is 0 Å². The van der Waals surface area contributed by atoms with E-state index in [0.717, 1.165) is 0 Å². The summed E-state index contributed by atoms with van der Waals surface area (Å²) in [6.07, 6.45) is -0.597. The SMILES string of the molecule is C=C(C)C(=O)O.CC1COC(=O)O1. The van der Waals surface area contributed by atoms with Crippen molar-refractivity contribution in [2.24, 2.45) is 0 Å². The predicted molar refractivity (Wildman–Crippen MR) is 44.3 cm³/mol. The third-order valence-corrected chi connectivity index (χ3v) is 1.10. The van der Waals surface area contributed by atoms with Crippen molar-refractivity contribution in [1.29, 1.82) is 0 Å². The summed E-state index contributed by atoms with van der Waals surface area (Å²) in [5.41, 5.74) is 0.176. The molecular formula is C8H12O5. The van der Waals surface area contributed by atoms with Crippen molar-refractivity contribution in [3.8, 4) is 0 Å². The lowest BCUT2D eigenvalue weighted by Gasteiger charge is -1.90. The van der Waals surface area contributed by atoms with Crippen LogP contribution in [-0.4, -0.2) is 29.9 Å². The van der Waals surface area contributed by atoms with E-state index in [-0.39, 0.29) is 11.7 Å². The summed E-state index contributed by atoms with van der Waals surface area (Å²) < 4.78 is 8.90. The molecule has 1 unspecified atom stereocenters. The number of carboxylic acid groups (broad SMARTS) is 1. The average molecular weight is 188 g/mol. The van der Waals surface area contributed by atoms with Gasteiger partial charge in [0.1, 0.15) is 12.7 Å². The second-order valence-corrected chi connectivity index (χ2v) is 2.57. The highest BCUT2D eigenvalue weighted by Gasteiger charge is 2.19. The first-order valence-electron chi connectivity index (χ1n) is 3.65. The second kappa shape index (κ2) is 5.18. The monoisotopic (exact) mass is 188 g/mol. The third-order valence-electron chi connectivity index (χ3n) is 1.10. The molecule has 0 aromatic carbocycles. The van der Waals surface area contributed by atoms with Gasteiger partial charge in [0.15, 0.2) is 0 Å². The van der Waals surface area contributed by atoms with E-state index < -0.39 is 12.1 Å². The normalized spacial score (nSPS) is 19.2. The van der Waals surface area contributed by atoms with Crippen LogP contribution in [0.2, 0.25) is 0 Å². The molecule has 0 aromatic heterocycles. The largest absolute Gasteiger partial charge is 0.508 e. The van der Waals surface area contributed by atoms with Crippen LogP contribution in [0.5, 0.6) is 0 Å². The fraction of sp³-hybridized carbons (Fsp3) is 0.500. The molecule has 1 saturated heterocycles. The minimum Gasteiger partial charge on any atom is -0.478 e. The first-order valence-corrected chi connectivity index (χ1v) is 3.65. The van der Waals surface area contributed by atoms with Crippen LogP contribution >= 0.6 is 0 Å². The highest BCUT2D eigenvalue weighted by Crippen LogP contribution is 2.02. The number of rotatable bonds is 1. The summed E-state index contributed by atoms with van der Waals surface area (Å²) in [5.74, 6) is -0.935. The standard InChI is InChI=1S/C4H6O3.C4H6O2/c1-3-2-6-4(5)7-3;1-3(2)4(5)6/h3H,2H2,1H3;1H2,2H3,(H,5,6). The van der Waals surface area contributed by atoms with Crippen molar-refractivity contribution in [2.75, 3.05) is 6.61 Å². The minimum absolute atomic E-state index is 0.0486. The molecule has 1 atom stereocenters. The smallest absolute Gasteiger partial charge is 0.478 e. The van der Waals surface area contributed by atoms with E-state index in [1.54, 1.807) is 6.92 Å². The van der Waals surface area contributed by atoms with Crippen molar-refractivity contribution in [2.45, 2.75) is 20.0 Å². The lowest BCUT2D eigenvalue weighted by Crippen LogP contribution is -2.01. The van der Waals surface area contributed by atoms with Crippen LogP contribution in [0.1, 0.15) is 13.8 Å². The number of hydrogen-bond acceptors (Lipinski definition) is 4. The quantitative estimate of drug-likeness (QED) is 0.494. The molecule has 5 heteroatoms. The van der Waals surface area contributed by atoms with Gasteiger partial charge in [0.2, 0.25) is 0 Å². The minimum atomic E-state index is -0.935. The molecular weight excluding hydrogens is 176 g/mol. The molecule has 1 heterocycles. The zero-order valence-corrected chi connectivity index (χ0v) is 7.57. The molecule has 1 aliphatic rings. The van der Waals surface area contributed by atoms with Crippen molar-refractivity contribution in [3.63, 3.8) is 0 Å². The number of carbonyl (C=O) groups excluding carboxylic acids is 1. The van der Waals surface area contributed by atoms with E-state index in [2.05, 4.69) is 16.1 Å². The van der Waals surface area contributed by atoms with E-state index >= 15 is 0 Å². The maximum atomic E-state index is 10.0. The van der Waals surface area contributed by atoms with Gasteiger partial charge in [-0.1, -0.05) is 6.58 Å². The van der Waals surface area contributed by atoms with Crippen molar-refractivity contribution >= 4 is 12.1 Å². The Hall–Kier alpha value is -1.52. The molecule has 0 saturated carbocycles. The van der Waals surface area contributed by atoms with Gasteiger partial charge in [0.05, 0.1) is 0 Å². The van der Waals surface area contributed by atoms with E-state index in [9.17, 15) is 9.59 Å². The molecule has 0 bridgehead atoms. The van der Waals surface area contributed by atoms with Gasteiger partial charge < -0.3 is 14.6 Å². The zero-order valence-electron chi connectivity index (χ0n) is 7.57. The number of hydrogen-bond donors (Lipinski definition) is 1. The molecule has 1 rings (SSSR count). The van der Waals surface area contributed by atoms with Crippen LogP contribution in [0.3, 0.4) is 0 Å². The number of carbonyl (C=O) groups is 2. The molecule has 5 nitrogen and oxygen atoms in total. The Morgan fingerprint density at radius 2 is 2.15 bits per heavy atom. The topological polar surface area (TPSA) is 72.8 Å². The highest BCUT2D eigenvalue weighted by atomic mass is 16.8. The van der Waals surface area contributed by atoms with Gasteiger partial charge >= 0.3 is 12.1 Å². The Balaban J connectivity index is 0.000000226.